The second-order valence-electron chi connectivity index (χ2n) is 5.04. The molecule has 0 saturated carbocycles. The first-order chi connectivity index (χ1) is 10.5. The topological polar surface area (TPSA) is 82.2 Å². The van der Waals surface area contributed by atoms with Gasteiger partial charge in [0, 0.05) is 13.6 Å². The van der Waals surface area contributed by atoms with Crippen molar-refractivity contribution in [2.45, 2.75) is 19.8 Å². The normalized spacial score (nSPS) is 10.5. The Morgan fingerprint density at radius 2 is 2.05 bits per heavy atom. The van der Waals surface area contributed by atoms with Crippen LogP contribution in [0.2, 0.25) is 0 Å². The van der Waals surface area contributed by atoms with E-state index in [1.807, 2.05) is 24.3 Å². The van der Waals surface area contributed by atoms with E-state index in [0.717, 1.165) is 18.6 Å². The van der Waals surface area contributed by atoms with Crippen molar-refractivity contribution in [3.05, 3.63) is 45.6 Å². The number of methoxy groups -OCH3 is 1. The van der Waals surface area contributed by atoms with E-state index in [-0.39, 0.29) is 5.69 Å². The maximum atomic E-state index is 11.1. The molecule has 1 aromatic carbocycles. The van der Waals surface area contributed by atoms with Gasteiger partial charge in [-0.15, -0.1) is 0 Å². The van der Waals surface area contributed by atoms with Gasteiger partial charge in [0.1, 0.15) is 11.4 Å². The van der Waals surface area contributed by atoms with Gasteiger partial charge in [-0.25, -0.2) is 4.68 Å². The van der Waals surface area contributed by atoms with Crippen LogP contribution < -0.4 is 10.1 Å². The predicted molar refractivity (Wildman–Crippen MR) is 84.4 cm³/mol. The Bertz CT molecular complexity index is 650. The number of ether oxygens (including phenoxy) is 1. The molecule has 0 aliphatic heterocycles. The van der Waals surface area contributed by atoms with Crippen molar-refractivity contribution in [1.29, 1.82) is 0 Å². The van der Waals surface area contributed by atoms with E-state index in [0.29, 0.717) is 18.1 Å². The standard InChI is InChI=1S/C15H20N4O3/c1-11-14(19(20)21)15(18(2)17-11)16-10-4-5-12-6-8-13(22-3)9-7-12/h6-9,16H,4-5,10H2,1-3H3. The lowest BCUT2D eigenvalue weighted by molar-refractivity contribution is -0.384. The number of nitrogens with one attached hydrogen (secondary N) is 1. The quantitative estimate of drug-likeness (QED) is 0.483. The van der Waals surface area contributed by atoms with Crippen molar-refractivity contribution in [2.75, 3.05) is 19.0 Å². The second kappa shape index (κ2) is 6.93. The number of hydrogen-bond acceptors (Lipinski definition) is 5. The Balaban J connectivity index is 1.90. The molecule has 0 amide bonds. The summed E-state index contributed by atoms with van der Waals surface area (Å²) in [7, 11) is 3.34. The molecule has 22 heavy (non-hydrogen) atoms. The van der Waals surface area contributed by atoms with Gasteiger partial charge in [0.2, 0.25) is 5.82 Å². The van der Waals surface area contributed by atoms with Gasteiger partial charge in [0.25, 0.3) is 0 Å². The van der Waals surface area contributed by atoms with E-state index in [2.05, 4.69) is 10.4 Å². The highest BCUT2D eigenvalue weighted by Gasteiger charge is 2.23. The van der Waals surface area contributed by atoms with Crippen molar-refractivity contribution in [1.82, 2.24) is 9.78 Å². The molecular formula is C15H20N4O3. The van der Waals surface area contributed by atoms with Crippen LogP contribution in [0.25, 0.3) is 0 Å². The summed E-state index contributed by atoms with van der Waals surface area (Å²) < 4.78 is 6.63. The van der Waals surface area contributed by atoms with Crippen molar-refractivity contribution in [3.63, 3.8) is 0 Å². The second-order valence-corrected chi connectivity index (χ2v) is 5.04. The zero-order valence-corrected chi connectivity index (χ0v) is 13.0. The molecule has 0 atom stereocenters. The van der Waals surface area contributed by atoms with E-state index >= 15 is 0 Å². The molecule has 7 heteroatoms. The van der Waals surface area contributed by atoms with Crippen LogP contribution in [-0.2, 0) is 13.5 Å². The first-order valence-electron chi connectivity index (χ1n) is 7.07. The lowest BCUT2D eigenvalue weighted by Gasteiger charge is -2.07. The van der Waals surface area contributed by atoms with Gasteiger partial charge < -0.3 is 10.1 Å². The minimum Gasteiger partial charge on any atom is -0.497 e. The molecule has 2 aromatic rings. The van der Waals surface area contributed by atoms with E-state index in [1.54, 1.807) is 21.1 Å². The minimum atomic E-state index is -0.395. The summed E-state index contributed by atoms with van der Waals surface area (Å²) in [6.45, 7) is 2.28. The third kappa shape index (κ3) is 3.55. The molecular weight excluding hydrogens is 284 g/mol. The molecule has 0 radical (unpaired) electrons. The Morgan fingerprint density at radius 1 is 1.36 bits per heavy atom. The molecule has 0 aliphatic carbocycles. The fraction of sp³-hybridized carbons (Fsp3) is 0.400. The van der Waals surface area contributed by atoms with E-state index < -0.39 is 4.92 Å². The van der Waals surface area contributed by atoms with Crippen LogP contribution in [0, 0.1) is 17.0 Å². The van der Waals surface area contributed by atoms with Gasteiger partial charge in [-0.2, -0.15) is 5.10 Å². The van der Waals surface area contributed by atoms with E-state index in [1.165, 1.54) is 10.2 Å². The summed E-state index contributed by atoms with van der Waals surface area (Å²) in [6.07, 6.45) is 1.76. The summed E-state index contributed by atoms with van der Waals surface area (Å²) in [6, 6.07) is 7.90. The number of nitrogens with zero attached hydrogens (tertiary/aromatic N) is 3. The Labute approximate surface area is 129 Å². The predicted octanol–water partition coefficient (Wildman–Crippen LogP) is 2.69. The summed E-state index contributed by atoms with van der Waals surface area (Å²) in [4.78, 5) is 10.7. The van der Waals surface area contributed by atoms with Gasteiger partial charge in [-0.05, 0) is 37.5 Å². The highest BCUT2D eigenvalue weighted by Crippen LogP contribution is 2.27. The number of anilines is 1. The van der Waals surface area contributed by atoms with Gasteiger partial charge in [0.15, 0.2) is 0 Å². The van der Waals surface area contributed by atoms with Crippen molar-refractivity contribution in [3.8, 4) is 5.75 Å². The molecule has 0 aliphatic rings. The maximum absolute atomic E-state index is 11.1. The molecule has 1 aromatic heterocycles. The first kappa shape index (κ1) is 15.8. The fourth-order valence-electron chi connectivity index (χ4n) is 2.36. The Kier molecular flexibility index (Phi) is 4.98. The van der Waals surface area contributed by atoms with E-state index in [4.69, 9.17) is 4.74 Å². The molecule has 1 heterocycles. The lowest BCUT2D eigenvalue weighted by Crippen LogP contribution is -2.08. The van der Waals surface area contributed by atoms with Gasteiger partial charge in [0.05, 0.1) is 12.0 Å². The van der Waals surface area contributed by atoms with Crippen LogP contribution in [0.1, 0.15) is 17.7 Å². The SMILES string of the molecule is COc1ccc(CCCNc2c([N+](=O)[O-])c(C)nn2C)cc1. The molecule has 1 N–H and O–H groups in total. The number of rotatable bonds is 7. The average molecular weight is 304 g/mol. The van der Waals surface area contributed by atoms with Crippen molar-refractivity contribution in [2.24, 2.45) is 7.05 Å². The van der Waals surface area contributed by atoms with Crippen LogP contribution in [0.3, 0.4) is 0 Å². The number of nitro groups is 1. The van der Waals surface area contributed by atoms with Crippen LogP contribution >= 0.6 is 0 Å². The molecule has 0 spiro atoms. The zero-order valence-electron chi connectivity index (χ0n) is 13.0. The summed E-state index contributed by atoms with van der Waals surface area (Å²) >= 11 is 0. The monoisotopic (exact) mass is 304 g/mol. The van der Waals surface area contributed by atoms with Crippen LogP contribution in [0.15, 0.2) is 24.3 Å². The largest absolute Gasteiger partial charge is 0.497 e. The minimum absolute atomic E-state index is 0.0481. The summed E-state index contributed by atoms with van der Waals surface area (Å²) in [5, 5.41) is 18.3. The molecule has 0 fully saturated rings. The van der Waals surface area contributed by atoms with Gasteiger partial charge in [-0.3, -0.25) is 10.1 Å². The third-order valence-corrected chi connectivity index (χ3v) is 3.47. The van der Waals surface area contributed by atoms with Gasteiger partial charge in [-0.1, -0.05) is 12.1 Å². The zero-order chi connectivity index (χ0) is 16.1. The van der Waals surface area contributed by atoms with Crippen LogP contribution in [0.5, 0.6) is 5.75 Å². The van der Waals surface area contributed by atoms with Crippen LogP contribution in [-0.4, -0.2) is 28.4 Å². The third-order valence-electron chi connectivity index (χ3n) is 3.47. The first-order valence-corrected chi connectivity index (χ1v) is 7.07. The Hall–Kier alpha value is -2.57. The molecule has 118 valence electrons. The summed E-state index contributed by atoms with van der Waals surface area (Å²) in [5.74, 6) is 1.29. The fourth-order valence-corrected chi connectivity index (χ4v) is 2.36. The molecule has 0 unspecified atom stereocenters. The average Bonchev–Trinajstić information content (AvgIpc) is 2.78. The lowest BCUT2D eigenvalue weighted by atomic mass is 10.1. The molecule has 0 bridgehead atoms. The van der Waals surface area contributed by atoms with E-state index in [9.17, 15) is 10.1 Å². The molecule has 0 saturated heterocycles. The number of aromatic nitrogens is 2. The highest BCUT2D eigenvalue weighted by atomic mass is 16.6. The summed E-state index contributed by atoms with van der Waals surface area (Å²) in [5.41, 5.74) is 1.68. The number of benzene rings is 1. The number of hydrogen-bond donors (Lipinski definition) is 1. The van der Waals surface area contributed by atoms with Crippen LogP contribution in [0.4, 0.5) is 11.5 Å². The number of aryl methyl sites for hydroxylation is 3. The van der Waals surface area contributed by atoms with Gasteiger partial charge >= 0.3 is 5.69 Å². The molecule has 2 rings (SSSR count). The highest BCUT2D eigenvalue weighted by molar-refractivity contribution is 5.59. The Morgan fingerprint density at radius 3 is 2.64 bits per heavy atom. The molecule has 7 nitrogen and oxygen atoms in total. The smallest absolute Gasteiger partial charge is 0.333 e. The maximum Gasteiger partial charge on any atom is 0.333 e. The van der Waals surface area contributed by atoms with Crippen molar-refractivity contribution < 1.29 is 9.66 Å². The van der Waals surface area contributed by atoms with Crippen molar-refractivity contribution >= 4 is 11.5 Å².